The van der Waals surface area contributed by atoms with Gasteiger partial charge in [0.1, 0.15) is 5.75 Å². The molecule has 1 amide bonds. The normalized spacial score (nSPS) is 13.4. The summed E-state index contributed by atoms with van der Waals surface area (Å²) < 4.78 is 5.12. The first-order valence-electron chi connectivity index (χ1n) is 9.69. The van der Waals surface area contributed by atoms with Gasteiger partial charge in [0, 0.05) is 5.69 Å². The summed E-state index contributed by atoms with van der Waals surface area (Å²) in [5, 5.41) is 22.8. The van der Waals surface area contributed by atoms with Crippen LogP contribution in [0.3, 0.4) is 0 Å². The zero-order valence-electron chi connectivity index (χ0n) is 17.3. The lowest BCUT2D eigenvalue weighted by Gasteiger charge is -2.28. The monoisotopic (exact) mass is 399 g/mol. The van der Waals surface area contributed by atoms with E-state index in [-0.39, 0.29) is 5.75 Å². The van der Waals surface area contributed by atoms with E-state index in [1.165, 1.54) is 31.5 Å². The van der Waals surface area contributed by atoms with Crippen molar-refractivity contribution in [2.45, 2.75) is 46.1 Å². The van der Waals surface area contributed by atoms with Gasteiger partial charge < -0.3 is 20.3 Å². The fraction of sp³-hybridized carbons (Fsp3) is 0.391. The van der Waals surface area contributed by atoms with Crippen LogP contribution in [0.2, 0.25) is 0 Å². The highest BCUT2D eigenvalue weighted by Crippen LogP contribution is 2.35. The molecule has 0 aromatic heterocycles. The van der Waals surface area contributed by atoms with E-state index in [2.05, 4.69) is 19.2 Å². The van der Waals surface area contributed by atoms with Crippen molar-refractivity contribution < 1.29 is 24.5 Å². The van der Waals surface area contributed by atoms with Crippen molar-refractivity contribution >= 4 is 17.6 Å². The fourth-order valence-corrected chi connectivity index (χ4v) is 2.87. The minimum Gasteiger partial charge on any atom is -0.508 e. The number of rotatable bonds is 8. The van der Waals surface area contributed by atoms with Crippen molar-refractivity contribution in [1.82, 2.24) is 0 Å². The van der Waals surface area contributed by atoms with Crippen molar-refractivity contribution in [1.29, 1.82) is 0 Å². The molecule has 0 aliphatic heterocycles. The van der Waals surface area contributed by atoms with Gasteiger partial charge in [-0.25, -0.2) is 0 Å². The summed E-state index contributed by atoms with van der Waals surface area (Å²) in [6, 6.07) is 13.6. The fourth-order valence-electron chi connectivity index (χ4n) is 2.87. The number of aromatic hydroxyl groups is 1. The largest absolute Gasteiger partial charge is 0.508 e. The predicted octanol–water partition coefficient (Wildman–Crippen LogP) is 4.15. The smallest absolute Gasteiger partial charge is 0.315 e. The van der Waals surface area contributed by atoms with E-state index < -0.39 is 30.0 Å². The van der Waals surface area contributed by atoms with Gasteiger partial charge in [0.2, 0.25) is 0 Å². The van der Waals surface area contributed by atoms with Crippen LogP contribution in [-0.4, -0.2) is 28.7 Å². The van der Waals surface area contributed by atoms with Crippen molar-refractivity contribution in [3.8, 4) is 5.75 Å². The van der Waals surface area contributed by atoms with Crippen molar-refractivity contribution in [2.24, 2.45) is 5.41 Å². The Balaban J connectivity index is 1.92. The van der Waals surface area contributed by atoms with Gasteiger partial charge >= 0.3 is 5.97 Å². The highest BCUT2D eigenvalue weighted by Gasteiger charge is 2.38. The molecule has 0 aliphatic carbocycles. The molecule has 6 nitrogen and oxygen atoms in total. The first-order valence-corrected chi connectivity index (χ1v) is 9.69. The predicted molar refractivity (Wildman–Crippen MR) is 112 cm³/mol. The van der Waals surface area contributed by atoms with Gasteiger partial charge in [0.15, 0.2) is 6.61 Å². The van der Waals surface area contributed by atoms with Gasteiger partial charge in [-0.1, -0.05) is 38.1 Å². The van der Waals surface area contributed by atoms with Crippen molar-refractivity contribution in [3.63, 3.8) is 0 Å². The summed E-state index contributed by atoms with van der Waals surface area (Å²) in [5.41, 5.74) is 0.904. The Morgan fingerprint density at radius 2 is 1.76 bits per heavy atom. The van der Waals surface area contributed by atoms with E-state index in [0.29, 0.717) is 17.2 Å². The molecule has 2 atom stereocenters. The molecule has 156 valence electrons. The average Bonchev–Trinajstić information content (AvgIpc) is 2.71. The third-order valence-electron chi connectivity index (χ3n) is 5.11. The van der Waals surface area contributed by atoms with E-state index in [9.17, 15) is 19.8 Å². The van der Waals surface area contributed by atoms with Crippen LogP contribution in [0.5, 0.6) is 5.75 Å². The summed E-state index contributed by atoms with van der Waals surface area (Å²) in [7, 11) is 0. The number of ether oxygens (including phenoxy) is 1. The summed E-state index contributed by atoms with van der Waals surface area (Å²) in [4.78, 5) is 24.6. The number of anilines is 1. The SMILES string of the molecule is CC[C@H](C)c1ccc(NC(=O)COC(=O)C(C)(C)[C@H](O)c2cccc(O)c2)cc1. The van der Waals surface area contributed by atoms with Crippen LogP contribution in [0.15, 0.2) is 48.5 Å². The minimum absolute atomic E-state index is 0.00977. The van der Waals surface area contributed by atoms with Gasteiger partial charge in [-0.15, -0.1) is 0 Å². The Morgan fingerprint density at radius 3 is 2.34 bits per heavy atom. The number of benzene rings is 2. The number of phenols is 1. The van der Waals surface area contributed by atoms with Crippen molar-refractivity contribution in [2.75, 3.05) is 11.9 Å². The highest BCUT2D eigenvalue weighted by atomic mass is 16.5. The zero-order valence-corrected chi connectivity index (χ0v) is 17.3. The standard InChI is InChI=1S/C23H29NO5/c1-5-15(2)16-9-11-18(12-10-16)24-20(26)14-29-22(28)23(3,4)21(27)17-7-6-8-19(25)13-17/h6-13,15,21,25,27H,5,14H2,1-4H3,(H,24,26)/t15-,21+/m0/s1. The first-order chi connectivity index (χ1) is 13.6. The molecule has 0 fully saturated rings. The van der Waals surface area contributed by atoms with Gasteiger partial charge in [-0.05, 0) is 61.6 Å². The van der Waals surface area contributed by atoms with E-state index in [1.54, 1.807) is 12.1 Å². The number of hydrogen-bond acceptors (Lipinski definition) is 5. The average molecular weight is 399 g/mol. The molecular weight excluding hydrogens is 370 g/mol. The Kier molecular flexibility index (Phi) is 7.40. The molecule has 2 aromatic carbocycles. The Morgan fingerprint density at radius 1 is 1.10 bits per heavy atom. The summed E-state index contributed by atoms with van der Waals surface area (Å²) in [6.07, 6.45) is -0.162. The lowest BCUT2D eigenvalue weighted by atomic mass is 9.82. The van der Waals surface area contributed by atoms with Crippen LogP contribution in [0.25, 0.3) is 0 Å². The summed E-state index contributed by atoms with van der Waals surface area (Å²) >= 11 is 0. The van der Waals surface area contributed by atoms with E-state index in [4.69, 9.17) is 4.74 Å². The third-order valence-corrected chi connectivity index (χ3v) is 5.11. The Labute approximate surface area is 171 Å². The van der Waals surface area contributed by atoms with E-state index >= 15 is 0 Å². The van der Waals surface area contributed by atoms with E-state index in [0.717, 1.165) is 6.42 Å². The first kappa shape index (κ1) is 22.4. The van der Waals surface area contributed by atoms with Gasteiger partial charge in [0.25, 0.3) is 5.91 Å². The van der Waals surface area contributed by atoms with Crippen LogP contribution in [0, 0.1) is 5.41 Å². The summed E-state index contributed by atoms with van der Waals surface area (Å²) in [5.74, 6) is -0.738. The number of phenolic OH excluding ortho intramolecular Hbond substituents is 1. The van der Waals surface area contributed by atoms with Crippen molar-refractivity contribution in [3.05, 3.63) is 59.7 Å². The number of esters is 1. The number of aliphatic hydroxyl groups is 1. The third kappa shape index (κ3) is 5.81. The second-order valence-corrected chi connectivity index (χ2v) is 7.77. The number of carbonyl (C=O) groups is 2. The minimum atomic E-state index is -1.30. The molecule has 2 rings (SSSR count). The number of aliphatic hydroxyl groups excluding tert-OH is 1. The lowest BCUT2D eigenvalue weighted by Crippen LogP contribution is -2.35. The molecule has 6 heteroatoms. The quantitative estimate of drug-likeness (QED) is 0.580. The molecule has 3 N–H and O–H groups in total. The molecule has 0 unspecified atom stereocenters. The van der Waals surface area contributed by atoms with Crippen LogP contribution >= 0.6 is 0 Å². The van der Waals surface area contributed by atoms with Crippen LogP contribution in [0.1, 0.15) is 57.3 Å². The summed E-state index contributed by atoms with van der Waals surface area (Å²) in [6.45, 7) is 6.85. The number of amides is 1. The number of carbonyl (C=O) groups excluding carboxylic acids is 2. The van der Waals surface area contributed by atoms with Crippen LogP contribution in [0.4, 0.5) is 5.69 Å². The second-order valence-electron chi connectivity index (χ2n) is 7.77. The highest BCUT2D eigenvalue weighted by molar-refractivity contribution is 5.93. The Hall–Kier alpha value is -2.86. The van der Waals surface area contributed by atoms with E-state index in [1.807, 2.05) is 24.3 Å². The molecule has 0 bridgehead atoms. The molecule has 0 saturated heterocycles. The van der Waals surface area contributed by atoms with Gasteiger partial charge in [-0.2, -0.15) is 0 Å². The molecule has 2 aromatic rings. The van der Waals surface area contributed by atoms with Crippen LogP contribution in [-0.2, 0) is 14.3 Å². The second kappa shape index (κ2) is 9.56. The topological polar surface area (TPSA) is 95.9 Å². The maximum atomic E-state index is 12.4. The lowest BCUT2D eigenvalue weighted by molar-refractivity contribution is -0.162. The van der Waals surface area contributed by atoms with Gasteiger partial charge in [-0.3, -0.25) is 9.59 Å². The molecule has 0 spiro atoms. The molecular formula is C23H29NO5. The molecule has 29 heavy (non-hydrogen) atoms. The molecule has 0 saturated carbocycles. The molecule has 0 heterocycles. The molecule has 0 aliphatic rings. The molecule has 0 radical (unpaired) electrons. The maximum Gasteiger partial charge on any atom is 0.315 e. The maximum absolute atomic E-state index is 12.4. The van der Waals surface area contributed by atoms with Gasteiger partial charge in [0.05, 0.1) is 11.5 Å². The number of nitrogens with one attached hydrogen (secondary N) is 1. The van der Waals surface area contributed by atoms with Crippen LogP contribution < -0.4 is 5.32 Å². The Bertz CT molecular complexity index is 845. The zero-order chi connectivity index (χ0) is 21.6. The number of hydrogen-bond donors (Lipinski definition) is 3.